The lowest BCUT2D eigenvalue weighted by atomic mass is 9.79. The van der Waals surface area contributed by atoms with Gasteiger partial charge in [-0.05, 0) is 53.5 Å². The summed E-state index contributed by atoms with van der Waals surface area (Å²) in [5, 5.41) is 0. The molecule has 2 atom stereocenters. The standard InChI is InChI=1S/C26H34ClNO7/c1-17(15-27)13-26(22(31)34-24(2,3)4)14-19(20(29)33-16-18-11-9-8-10-12-18)28(21(26)30)23(32)35-25(5,6)7/h8-12,19H,1,13-16H2,2-7H3. The van der Waals surface area contributed by atoms with E-state index in [1.807, 2.05) is 6.07 Å². The zero-order chi connectivity index (χ0) is 26.6. The maximum Gasteiger partial charge on any atom is 0.417 e. The quantitative estimate of drug-likeness (QED) is 0.172. The molecule has 1 aromatic rings. The predicted molar refractivity (Wildman–Crippen MR) is 130 cm³/mol. The average molecular weight is 508 g/mol. The summed E-state index contributed by atoms with van der Waals surface area (Å²) < 4.78 is 16.4. The van der Waals surface area contributed by atoms with Gasteiger partial charge in [0.25, 0.3) is 5.91 Å². The summed E-state index contributed by atoms with van der Waals surface area (Å²) in [6.45, 7) is 13.6. The summed E-state index contributed by atoms with van der Waals surface area (Å²) in [5.74, 6) is -2.63. The van der Waals surface area contributed by atoms with E-state index in [4.69, 9.17) is 25.8 Å². The number of halogens is 1. The van der Waals surface area contributed by atoms with Crippen LogP contribution >= 0.6 is 11.6 Å². The fraction of sp³-hybridized carbons (Fsp3) is 0.538. The van der Waals surface area contributed by atoms with Crippen molar-refractivity contribution >= 4 is 35.5 Å². The molecule has 0 radical (unpaired) electrons. The number of likely N-dealkylation sites (tertiary alicyclic amines) is 1. The van der Waals surface area contributed by atoms with Gasteiger partial charge >= 0.3 is 18.0 Å². The van der Waals surface area contributed by atoms with Crippen LogP contribution in [0.3, 0.4) is 0 Å². The van der Waals surface area contributed by atoms with Gasteiger partial charge < -0.3 is 14.2 Å². The zero-order valence-corrected chi connectivity index (χ0v) is 21.9. The van der Waals surface area contributed by atoms with Crippen LogP contribution in [0.15, 0.2) is 42.5 Å². The summed E-state index contributed by atoms with van der Waals surface area (Å²) in [5.41, 5.74) is -2.65. The highest BCUT2D eigenvalue weighted by Gasteiger charge is 2.63. The predicted octanol–water partition coefficient (Wildman–Crippen LogP) is 4.78. The second-order valence-electron chi connectivity index (χ2n) is 10.6. The molecule has 35 heavy (non-hydrogen) atoms. The van der Waals surface area contributed by atoms with Crippen molar-refractivity contribution in [1.29, 1.82) is 0 Å². The SMILES string of the molecule is C=C(CCl)CC1(C(=O)OC(C)(C)C)CC(C(=O)OCc2ccccc2)N(C(=O)OC(C)(C)C)C1=O. The molecule has 2 amide bonds. The smallest absolute Gasteiger partial charge is 0.417 e. The first kappa shape index (κ1) is 28.4. The van der Waals surface area contributed by atoms with Gasteiger partial charge in [-0.15, -0.1) is 11.6 Å². The summed E-state index contributed by atoms with van der Waals surface area (Å²) in [7, 11) is 0. The van der Waals surface area contributed by atoms with Gasteiger partial charge in [-0.2, -0.15) is 0 Å². The van der Waals surface area contributed by atoms with Crippen LogP contribution in [0.4, 0.5) is 4.79 Å². The third-order valence-corrected chi connectivity index (χ3v) is 5.48. The molecule has 0 aliphatic carbocycles. The van der Waals surface area contributed by atoms with Crippen molar-refractivity contribution in [3.8, 4) is 0 Å². The molecule has 0 N–H and O–H groups in total. The molecule has 0 saturated carbocycles. The van der Waals surface area contributed by atoms with E-state index in [1.54, 1.807) is 65.8 Å². The maximum absolute atomic E-state index is 13.8. The van der Waals surface area contributed by atoms with Gasteiger partial charge in [0.15, 0.2) is 5.41 Å². The number of carbonyl (C=O) groups is 4. The number of carbonyl (C=O) groups excluding carboxylic acids is 4. The Hall–Kier alpha value is -2.87. The molecule has 1 heterocycles. The molecule has 1 aliphatic rings. The number of rotatable bonds is 7. The Morgan fingerprint density at radius 2 is 1.63 bits per heavy atom. The summed E-state index contributed by atoms with van der Waals surface area (Å²) in [4.78, 5) is 54.1. The number of benzene rings is 1. The minimum Gasteiger partial charge on any atom is -0.459 e. The molecule has 1 aliphatic heterocycles. The summed E-state index contributed by atoms with van der Waals surface area (Å²) >= 11 is 5.92. The lowest BCUT2D eigenvalue weighted by Crippen LogP contribution is -2.49. The maximum atomic E-state index is 13.8. The van der Waals surface area contributed by atoms with Gasteiger partial charge in [0.05, 0.1) is 0 Å². The Bertz CT molecular complexity index is 978. The van der Waals surface area contributed by atoms with Crippen molar-refractivity contribution in [2.45, 2.75) is 78.2 Å². The van der Waals surface area contributed by atoms with Crippen LogP contribution in [-0.4, -0.2) is 52.0 Å². The van der Waals surface area contributed by atoms with Crippen LogP contribution in [0, 0.1) is 5.41 Å². The molecule has 2 rings (SSSR count). The highest BCUT2D eigenvalue weighted by Crippen LogP contribution is 2.44. The van der Waals surface area contributed by atoms with Crippen LogP contribution in [0.25, 0.3) is 0 Å². The van der Waals surface area contributed by atoms with E-state index in [2.05, 4.69) is 6.58 Å². The first-order valence-corrected chi connectivity index (χ1v) is 11.9. The molecule has 0 aromatic heterocycles. The van der Waals surface area contributed by atoms with Crippen molar-refractivity contribution in [2.24, 2.45) is 5.41 Å². The molecule has 0 bridgehead atoms. The number of allylic oxidation sites excluding steroid dienone is 1. The highest BCUT2D eigenvalue weighted by molar-refractivity contribution is 6.19. The molecular formula is C26H34ClNO7. The molecule has 1 saturated heterocycles. The number of imide groups is 1. The number of hydrogen-bond acceptors (Lipinski definition) is 7. The lowest BCUT2D eigenvalue weighted by molar-refractivity contribution is -0.170. The monoisotopic (exact) mass is 507 g/mol. The second kappa shape index (κ2) is 10.8. The molecule has 0 spiro atoms. The van der Waals surface area contributed by atoms with Crippen molar-refractivity contribution in [3.63, 3.8) is 0 Å². The third-order valence-electron chi connectivity index (χ3n) is 5.10. The highest BCUT2D eigenvalue weighted by atomic mass is 35.5. The van der Waals surface area contributed by atoms with E-state index in [0.717, 1.165) is 5.56 Å². The fourth-order valence-corrected chi connectivity index (χ4v) is 3.75. The van der Waals surface area contributed by atoms with Crippen molar-refractivity contribution < 1.29 is 33.4 Å². The number of nitrogens with zero attached hydrogens (tertiary/aromatic N) is 1. The van der Waals surface area contributed by atoms with E-state index < -0.39 is 46.6 Å². The normalized spacial score (nSPS) is 20.4. The number of amides is 2. The first-order chi connectivity index (χ1) is 16.1. The van der Waals surface area contributed by atoms with Gasteiger partial charge in [-0.3, -0.25) is 9.59 Å². The number of alkyl halides is 1. The van der Waals surface area contributed by atoms with Gasteiger partial charge in [-0.25, -0.2) is 14.5 Å². The Morgan fingerprint density at radius 3 is 2.14 bits per heavy atom. The zero-order valence-electron chi connectivity index (χ0n) is 21.2. The van der Waals surface area contributed by atoms with Gasteiger partial charge in [0.2, 0.25) is 0 Å². The van der Waals surface area contributed by atoms with E-state index in [-0.39, 0.29) is 25.3 Å². The van der Waals surface area contributed by atoms with E-state index in [9.17, 15) is 19.2 Å². The van der Waals surface area contributed by atoms with Crippen molar-refractivity contribution in [3.05, 3.63) is 48.0 Å². The number of hydrogen-bond donors (Lipinski definition) is 0. The van der Waals surface area contributed by atoms with Crippen molar-refractivity contribution in [2.75, 3.05) is 5.88 Å². The van der Waals surface area contributed by atoms with Gasteiger partial charge in [-0.1, -0.05) is 42.5 Å². The molecular weight excluding hydrogens is 474 g/mol. The average Bonchev–Trinajstić information content (AvgIpc) is 3.03. The van der Waals surface area contributed by atoms with Crippen molar-refractivity contribution in [1.82, 2.24) is 4.90 Å². The topological polar surface area (TPSA) is 99.2 Å². The summed E-state index contributed by atoms with van der Waals surface area (Å²) in [6.07, 6.45) is -1.58. The van der Waals surface area contributed by atoms with Crippen LogP contribution in [0.1, 0.15) is 59.9 Å². The molecule has 192 valence electrons. The fourth-order valence-electron chi connectivity index (χ4n) is 3.66. The molecule has 9 heteroatoms. The Kier molecular flexibility index (Phi) is 8.76. The third kappa shape index (κ3) is 7.31. The minimum atomic E-state index is -1.88. The Labute approximate surface area is 211 Å². The van der Waals surface area contributed by atoms with Crippen LogP contribution in [0.5, 0.6) is 0 Å². The van der Waals surface area contributed by atoms with E-state index >= 15 is 0 Å². The van der Waals surface area contributed by atoms with Crippen LogP contribution < -0.4 is 0 Å². The van der Waals surface area contributed by atoms with Gasteiger partial charge in [0.1, 0.15) is 23.9 Å². The van der Waals surface area contributed by atoms with E-state index in [1.165, 1.54) is 0 Å². The van der Waals surface area contributed by atoms with Crippen LogP contribution in [-0.2, 0) is 35.2 Å². The molecule has 2 unspecified atom stereocenters. The largest absolute Gasteiger partial charge is 0.459 e. The second-order valence-corrected chi connectivity index (χ2v) is 10.9. The molecule has 1 aromatic carbocycles. The first-order valence-electron chi connectivity index (χ1n) is 11.3. The summed E-state index contributed by atoms with van der Waals surface area (Å²) in [6, 6.07) is 7.56. The van der Waals surface area contributed by atoms with Gasteiger partial charge in [0, 0.05) is 12.3 Å². The Balaban J connectivity index is 2.48. The Morgan fingerprint density at radius 1 is 1.06 bits per heavy atom. The van der Waals surface area contributed by atoms with Crippen LogP contribution in [0.2, 0.25) is 0 Å². The van der Waals surface area contributed by atoms with E-state index in [0.29, 0.717) is 10.5 Å². The lowest BCUT2D eigenvalue weighted by Gasteiger charge is -2.30. The number of esters is 2. The molecule has 1 fully saturated rings. The minimum absolute atomic E-state index is 0.0205. The number of ether oxygens (including phenoxy) is 3. The molecule has 8 nitrogen and oxygen atoms in total.